The highest BCUT2D eigenvalue weighted by atomic mass is 35.5. The van der Waals surface area contributed by atoms with Crippen molar-refractivity contribution in [2.75, 3.05) is 19.0 Å². The Morgan fingerprint density at radius 2 is 1.75 bits per heavy atom. The highest BCUT2D eigenvalue weighted by Gasteiger charge is 2.34. The number of fused-ring (bicyclic) bond motifs is 1. The van der Waals surface area contributed by atoms with E-state index in [9.17, 15) is 9.59 Å². The fraction of sp³-hybridized carbons (Fsp3) is 0.167. The number of hydrogen-bond acceptors (Lipinski definition) is 5. The maximum Gasteiger partial charge on any atom is 0.276 e. The van der Waals surface area contributed by atoms with Crippen LogP contribution in [-0.2, 0) is 4.79 Å². The molecule has 32 heavy (non-hydrogen) atoms. The standard InChI is InChI=1S/C24H22ClN3O4/c1-15-3-5-16(6-4-15)23-26-21-12-7-17(25)13-20(21)24(30)28(23)27-22(29)14-32-19-10-8-18(31-2)9-11-19/h3-13,23,26H,14H2,1-2H3,(H,27,29). The molecule has 1 unspecified atom stereocenters. The molecular formula is C24H22ClN3O4. The summed E-state index contributed by atoms with van der Waals surface area (Å²) in [5.41, 5.74) is 5.60. The summed E-state index contributed by atoms with van der Waals surface area (Å²) >= 11 is 6.09. The number of halogens is 1. The molecule has 0 fully saturated rings. The molecule has 1 heterocycles. The summed E-state index contributed by atoms with van der Waals surface area (Å²) in [6.07, 6.45) is -0.596. The van der Waals surface area contributed by atoms with Gasteiger partial charge in [0.25, 0.3) is 11.8 Å². The molecule has 1 atom stereocenters. The Kier molecular flexibility index (Phi) is 6.18. The molecule has 7 nitrogen and oxygen atoms in total. The number of nitrogens with zero attached hydrogens (tertiary/aromatic N) is 1. The Hall–Kier alpha value is -3.71. The summed E-state index contributed by atoms with van der Waals surface area (Å²) in [5, 5.41) is 5.01. The molecule has 1 aliphatic heterocycles. The van der Waals surface area contributed by atoms with E-state index < -0.39 is 12.1 Å². The van der Waals surface area contributed by atoms with Crippen LogP contribution in [0.15, 0.2) is 66.7 Å². The van der Waals surface area contributed by atoms with E-state index >= 15 is 0 Å². The molecule has 8 heteroatoms. The molecule has 2 N–H and O–H groups in total. The lowest BCUT2D eigenvalue weighted by Gasteiger charge is -2.37. The van der Waals surface area contributed by atoms with Crippen LogP contribution in [-0.4, -0.2) is 30.5 Å². The first-order chi connectivity index (χ1) is 15.4. The molecule has 4 rings (SSSR count). The summed E-state index contributed by atoms with van der Waals surface area (Å²) in [4.78, 5) is 25.9. The number of aryl methyl sites for hydroxylation is 1. The van der Waals surface area contributed by atoms with Crippen LogP contribution in [0.25, 0.3) is 0 Å². The van der Waals surface area contributed by atoms with Crippen molar-refractivity contribution in [2.45, 2.75) is 13.1 Å². The third kappa shape index (κ3) is 4.63. The van der Waals surface area contributed by atoms with Crippen LogP contribution in [0.1, 0.15) is 27.7 Å². The van der Waals surface area contributed by atoms with E-state index in [1.807, 2.05) is 31.2 Å². The number of anilines is 1. The van der Waals surface area contributed by atoms with Crippen molar-refractivity contribution in [3.05, 3.63) is 88.4 Å². The quantitative estimate of drug-likeness (QED) is 0.583. The first-order valence-electron chi connectivity index (χ1n) is 9.97. The van der Waals surface area contributed by atoms with Crippen LogP contribution in [0.5, 0.6) is 11.5 Å². The Morgan fingerprint density at radius 1 is 1.06 bits per heavy atom. The summed E-state index contributed by atoms with van der Waals surface area (Å²) in [6.45, 7) is 1.72. The fourth-order valence-corrected chi connectivity index (χ4v) is 3.53. The number of benzene rings is 3. The minimum Gasteiger partial charge on any atom is -0.497 e. The number of carbonyl (C=O) groups is 2. The Balaban J connectivity index is 1.54. The van der Waals surface area contributed by atoms with Crippen LogP contribution in [0.4, 0.5) is 5.69 Å². The molecule has 0 bridgehead atoms. The van der Waals surface area contributed by atoms with E-state index in [2.05, 4.69) is 10.7 Å². The first-order valence-corrected chi connectivity index (χ1v) is 10.3. The lowest BCUT2D eigenvalue weighted by atomic mass is 10.0. The van der Waals surface area contributed by atoms with Crippen molar-refractivity contribution in [3.63, 3.8) is 0 Å². The van der Waals surface area contributed by atoms with Gasteiger partial charge in [-0.15, -0.1) is 0 Å². The lowest BCUT2D eigenvalue weighted by Crippen LogP contribution is -2.53. The molecule has 164 valence electrons. The minimum atomic E-state index is -0.596. The monoisotopic (exact) mass is 451 g/mol. The first kappa shape index (κ1) is 21.5. The molecule has 1 aliphatic rings. The van der Waals surface area contributed by atoms with Crippen LogP contribution < -0.4 is 20.2 Å². The molecule has 0 spiro atoms. The molecule has 0 aromatic heterocycles. The van der Waals surface area contributed by atoms with Gasteiger partial charge in [0.05, 0.1) is 12.7 Å². The Bertz CT molecular complexity index is 1130. The zero-order valence-corrected chi connectivity index (χ0v) is 18.3. The van der Waals surface area contributed by atoms with Crippen LogP contribution in [0.3, 0.4) is 0 Å². The van der Waals surface area contributed by atoms with E-state index in [0.29, 0.717) is 27.8 Å². The highest BCUT2D eigenvalue weighted by molar-refractivity contribution is 6.31. The van der Waals surface area contributed by atoms with Gasteiger partial charge in [-0.3, -0.25) is 15.0 Å². The lowest BCUT2D eigenvalue weighted by molar-refractivity contribution is -0.127. The number of rotatable bonds is 6. The van der Waals surface area contributed by atoms with Gasteiger partial charge >= 0.3 is 0 Å². The maximum absolute atomic E-state index is 13.3. The van der Waals surface area contributed by atoms with E-state index in [4.69, 9.17) is 21.1 Å². The van der Waals surface area contributed by atoms with Gasteiger partial charge in [0, 0.05) is 10.7 Å². The molecule has 0 saturated carbocycles. The molecule has 0 radical (unpaired) electrons. The van der Waals surface area contributed by atoms with Crippen LogP contribution in [0, 0.1) is 6.92 Å². The van der Waals surface area contributed by atoms with Gasteiger partial charge in [-0.05, 0) is 55.0 Å². The normalized spacial score (nSPS) is 14.9. The summed E-state index contributed by atoms with van der Waals surface area (Å²) < 4.78 is 10.7. The smallest absolute Gasteiger partial charge is 0.276 e. The van der Waals surface area contributed by atoms with Gasteiger partial charge < -0.3 is 14.8 Å². The average Bonchev–Trinajstić information content (AvgIpc) is 2.81. The Morgan fingerprint density at radius 3 is 2.44 bits per heavy atom. The van der Waals surface area contributed by atoms with Crippen molar-refractivity contribution in [3.8, 4) is 11.5 Å². The number of ether oxygens (including phenoxy) is 2. The SMILES string of the molecule is COc1ccc(OCC(=O)NN2C(=O)c3cc(Cl)ccc3NC2c2ccc(C)cc2)cc1. The van der Waals surface area contributed by atoms with Gasteiger partial charge in [-0.2, -0.15) is 0 Å². The van der Waals surface area contributed by atoms with E-state index in [1.54, 1.807) is 49.6 Å². The van der Waals surface area contributed by atoms with Crippen molar-refractivity contribution < 1.29 is 19.1 Å². The molecular weight excluding hydrogens is 430 g/mol. The van der Waals surface area contributed by atoms with Crippen molar-refractivity contribution in [2.24, 2.45) is 0 Å². The molecule has 3 aromatic carbocycles. The summed E-state index contributed by atoms with van der Waals surface area (Å²) in [5.74, 6) is 0.351. The maximum atomic E-state index is 13.3. The number of hydrogen-bond donors (Lipinski definition) is 2. The van der Waals surface area contributed by atoms with Gasteiger partial charge in [0.15, 0.2) is 6.61 Å². The van der Waals surface area contributed by atoms with E-state index in [1.165, 1.54) is 5.01 Å². The minimum absolute atomic E-state index is 0.265. The molecule has 0 saturated heterocycles. The topological polar surface area (TPSA) is 79.9 Å². The number of hydrazine groups is 1. The van der Waals surface area contributed by atoms with E-state index in [0.717, 1.165) is 11.1 Å². The molecule has 0 aliphatic carbocycles. The van der Waals surface area contributed by atoms with Gasteiger partial charge in [0.1, 0.15) is 17.7 Å². The second kappa shape index (κ2) is 9.20. The number of methoxy groups -OCH3 is 1. The fourth-order valence-electron chi connectivity index (χ4n) is 3.36. The van der Waals surface area contributed by atoms with Crippen molar-refractivity contribution in [1.82, 2.24) is 10.4 Å². The highest BCUT2D eigenvalue weighted by Crippen LogP contribution is 2.33. The molecule has 3 aromatic rings. The Labute approximate surface area is 190 Å². The second-order valence-corrected chi connectivity index (χ2v) is 7.76. The van der Waals surface area contributed by atoms with Crippen LogP contribution >= 0.6 is 11.6 Å². The van der Waals surface area contributed by atoms with Gasteiger partial charge in [0.2, 0.25) is 0 Å². The largest absolute Gasteiger partial charge is 0.497 e. The zero-order chi connectivity index (χ0) is 22.7. The summed E-state index contributed by atoms with van der Waals surface area (Å²) in [6, 6.07) is 19.6. The summed E-state index contributed by atoms with van der Waals surface area (Å²) in [7, 11) is 1.57. The third-order valence-electron chi connectivity index (χ3n) is 5.05. The zero-order valence-electron chi connectivity index (χ0n) is 17.6. The van der Waals surface area contributed by atoms with E-state index in [-0.39, 0.29) is 12.5 Å². The number of amides is 2. The number of nitrogens with one attached hydrogen (secondary N) is 2. The average molecular weight is 452 g/mol. The van der Waals surface area contributed by atoms with Gasteiger partial charge in [-0.1, -0.05) is 41.4 Å². The van der Waals surface area contributed by atoms with Crippen LogP contribution in [0.2, 0.25) is 5.02 Å². The predicted molar refractivity (Wildman–Crippen MR) is 122 cm³/mol. The predicted octanol–water partition coefficient (Wildman–Crippen LogP) is 4.33. The van der Waals surface area contributed by atoms with Crippen molar-refractivity contribution in [1.29, 1.82) is 0 Å². The third-order valence-corrected chi connectivity index (χ3v) is 5.28. The molecule has 2 amide bonds. The second-order valence-electron chi connectivity index (χ2n) is 7.32. The van der Waals surface area contributed by atoms with Crippen molar-refractivity contribution >= 4 is 29.1 Å². The number of carbonyl (C=O) groups excluding carboxylic acids is 2. The van der Waals surface area contributed by atoms with Gasteiger partial charge in [-0.25, -0.2) is 5.01 Å².